The minimum absolute atomic E-state index is 0.0327. The largest absolute Gasteiger partial charge is 0.393 e. The molecule has 6 atom stereocenters. The van der Waals surface area contributed by atoms with Crippen LogP contribution in [0.5, 0.6) is 0 Å². The molecular formula is C15H27NO. The third-order valence-electron chi connectivity index (χ3n) is 5.80. The Morgan fingerprint density at radius 3 is 2.82 bits per heavy atom. The first-order valence-electron chi connectivity index (χ1n) is 7.71. The zero-order valence-corrected chi connectivity index (χ0v) is 11.1. The smallest absolute Gasteiger partial charge is 0.0583 e. The number of aliphatic hydroxyl groups excluding tert-OH is 1. The standard InChI is InChI=1S/C15H27NO/c1-2-10-6-7-14(17)13(8-10)15-12-5-3-4-11(12)9-16-15/h10-17H,2-9H2,1H3. The summed E-state index contributed by atoms with van der Waals surface area (Å²) in [6, 6.07) is 0.631. The van der Waals surface area contributed by atoms with Crippen LogP contribution < -0.4 is 5.32 Å². The van der Waals surface area contributed by atoms with E-state index < -0.39 is 0 Å². The van der Waals surface area contributed by atoms with Crippen molar-refractivity contribution < 1.29 is 5.11 Å². The molecule has 0 bridgehead atoms. The Morgan fingerprint density at radius 1 is 1.12 bits per heavy atom. The second-order valence-corrected chi connectivity index (χ2v) is 6.61. The zero-order chi connectivity index (χ0) is 11.8. The maximum atomic E-state index is 10.3. The summed E-state index contributed by atoms with van der Waals surface area (Å²) in [4.78, 5) is 0. The van der Waals surface area contributed by atoms with Crippen molar-refractivity contribution in [2.45, 2.75) is 64.0 Å². The SMILES string of the molecule is CCC1CCC(O)C(C2NCC3CCCC32)C1. The molecule has 0 aromatic heterocycles. The summed E-state index contributed by atoms with van der Waals surface area (Å²) in [5, 5.41) is 14.1. The first-order chi connectivity index (χ1) is 8.29. The number of rotatable bonds is 2. The maximum absolute atomic E-state index is 10.3. The fraction of sp³-hybridized carbons (Fsp3) is 1.00. The molecule has 2 saturated carbocycles. The second kappa shape index (κ2) is 4.89. The molecule has 1 saturated heterocycles. The fourth-order valence-corrected chi connectivity index (χ4v) is 4.74. The Hall–Kier alpha value is -0.0800. The molecule has 2 aliphatic carbocycles. The van der Waals surface area contributed by atoms with Gasteiger partial charge in [-0.2, -0.15) is 0 Å². The normalized spacial score (nSPS) is 50.5. The molecule has 0 amide bonds. The van der Waals surface area contributed by atoms with Crippen LogP contribution in [-0.4, -0.2) is 23.8 Å². The summed E-state index contributed by atoms with van der Waals surface area (Å²) < 4.78 is 0. The molecule has 3 fully saturated rings. The number of nitrogens with one attached hydrogen (secondary N) is 1. The van der Waals surface area contributed by atoms with Gasteiger partial charge in [0, 0.05) is 12.0 Å². The lowest BCUT2D eigenvalue weighted by Gasteiger charge is -2.38. The number of hydrogen-bond acceptors (Lipinski definition) is 2. The van der Waals surface area contributed by atoms with Crippen LogP contribution in [0.4, 0.5) is 0 Å². The third-order valence-corrected chi connectivity index (χ3v) is 5.80. The van der Waals surface area contributed by atoms with E-state index in [0.717, 1.165) is 24.2 Å². The molecule has 1 aliphatic heterocycles. The third kappa shape index (κ3) is 2.15. The molecule has 0 aromatic rings. The lowest BCUT2D eigenvalue weighted by Crippen LogP contribution is -2.44. The van der Waals surface area contributed by atoms with Gasteiger partial charge in [0.15, 0.2) is 0 Å². The molecule has 2 heteroatoms. The maximum Gasteiger partial charge on any atom is 0.0583 e. The Kier molecular flexibility index (Phi) is 3.45. The monoisotopic (exact) mass is 237 g/mol. The lowest BCUT2D eigenvalue weighted by molar-refractivity contribution is 0.0212. The molecule has 0 aromatic carbocycles. The first-order valence-corrected chi connectivity index (χ1v) is 7.71. The van der Waals surface area contributed by atoms with Crippen molar-refractivity contribution >= 4 is 0 Å². The van der Waals surface area contributed by atoms with Crippen molar-refractivity contribution in [2.75, 3.05) is 6.54 Å². The van der Waals surface area contributed by atoms with Crippen LogP contribution in [0.1, 0.15) is 51.9 Å². The van der Waals surface area contributed by atoms with Gasteiger partial charge in [-0.25, -0.2) is 0 Å². The van der Waals surface area contributed by atoms with E-state index in [4.69, 9.17) is 0 Å². The average Bonchev–Trinajstić information content (AvgIpc) is 2.92. The van der Waals surface area contributed by atoms with Gasteiger partial charge < -0.3 is 10.4 Å². The Labute approximate surface area is 105 Å². The summed E-state index contributed by atoms with van der Waals surface area (Å²) >= 11 is 0. The molecule has 17 heavy (non-hydrogen) atoms. The highest BCUT2D eigenvalue weighted by molar-refractivity contribution is 5.00. The van der Waals surface area contributed by atoms with Gasteiger partial charge in [-0.15, -0.1) is 0 Å². The molecule has 3 aliphatic rings. The number of fused-ring (bicyclic) bond motifs is 1. The van der Waals surface area contributed by atoms with Gasteiger partial charge >= 0.3 is 0 Å². The van der Waals surface area contributed by atoms with Crippen LogP contribution in [-0.2, 0) is 0 Å². The second-order valence-electron chi connectivity index (χ2n) is 6.61. The minimum Gasteiger partial charge on any atom is -0.393 e. The van der Waals surface area contributed by atoms with Gasteiger partial charge in [-0.3, -0.25) is 0 Å². The summed E-state index contributed by atoms with van der Waals surface area (Å²) in [7, 11) is 0. The molecule has 0 spiro atoms. The van der Waals surface area contributed by atoms with Crippen LogP contribution in [0.2, 0.25) is 0 Å². The predicted molar refractivity (Wildman–Crippen MR) is 69.8 cm³/mol. The van der Waals surface area contributed by atoms with E-state index in [2.05, 4.69) is 12.2 Å². The van der Waals surface area contributed by atoms with Crippen molar-refractivity contribution in [3.05, 3.63) is 0 Å². The van der Waals surface area contributed by atoms with Crippen LogP contribution >= 0.6 is 0 Å². The Morgan fingerprint density at radius 2 is 2.00 bits per heavy atom. The van der Waals surface area contributed by atoms with Gasteiger partial charge in [0.2, 0.25) is 0 Å². The van der Waals surface area contributed by atoms with Gasteiger partial charge in [0.25, 0.3) is 0 Å². The molecule has 0 radical (unpaired) electrons. The van der Waals surface area contributed by atoms with Crippen molar-refractivity contribution in [1.29, 1.82) is 0 Å². The van der Waals surface area contributed by atoms with E-state index in [0.29, 0.717) is 12.0 Å². The average molecular weight is 237 g/mol. The highest BCUT2D eigenvalue weighted by Crippen LogP contribution is 2.44. The van der Waals surface area contributed by atoms with Crippen molar-refractivity contribution in [3.63, 3.8) is 0 Å². The van der Waals surface area contributed by atoms with Crippen LogP contribution in [0, 0.1) is 23.7 Å². The van der Waals surface area contributed by atoms with Crippen molar-refractivity contribution in [2.24, 2.45) is 23.7 Å². The summed E-state index contributed by atoms with van der Waals surface area (Å²) in [5.41, 5.74) is 0. The quantitative estimate of drug-likeness (QED) is 0.773. The van der Waals surface area contributed by atoms with Crippen molar-refractivity contribution in [1.82, 2.24) is 5.32 Å². The predicted octanol–water partition coefficient (Wildman–Crippen LogP) is 2.56. The lowest BCUT2D eigenvalue weighted by atomic mass is 9.72. The van der Waals surface area contributed by atoms with Gasteiger partial charge in [-0.05, 0) is 56.4 Å². The fourth-order valence-electron chi connectivity index (χ4n) is 4.74. The van der Waals surface area contributed by atoms with E-state index in [1.807, 2.05) is 0 Å². The molecule has 6 unspecified atom stereocenters. The van der Waals surface area contributed by atoms with Crippen LogP contribution in [0.3, 0.4) is 0 Å². The van der Waals surface area contributed by atoms with Gasteiger partial charge in [0.05, 0.1) is 6.10 Å². The first kappa shape index (κ1) is 12.0. The number of hydrogen-bond donors (Lipinski definition) is 2. The van der Waals surface area contributed by atoms with Gasteiger partial charge in [0.1, 0.15) is 0 Å². The summed E-state index contributed by atoms with van der Waals surface area (Å²) in [6.45, 7) is 3.52. The highest BCUT2D eigenvalue weighted by atomic mass is 16.3. The van der Waals surface area contributed by atoms with E-state index >= 15 is 0 Å². The van der Waals surface area contributed by atoms with E-state index in [1.54, 1.807) is 0 Å². The van der Waals surface area contributed by atoms with Crippen LogP contribution in [0.25, 0.3) is 0 Å². The number of aliphatic hydroxyl groups is 1. The molecule has 2 N–H and O–H groups in total. The van der Waals surface area contributed by atoms with Crippen LogP contribution in [0.15, 0.2) is 0 Å². The molecular weight excluding hydrogens is 210 g/mol. The molecule has 3 rings (SSSR count). The molecule has 98 valence electrons. The summed E-state index contributed by atoms with van der Waals surface area (Å²) in [5.74, 6) is 3.21. The van der Waals surface area contributed by atoms with E-state index in [9.17, 15) is 5.11 Å². The summed E-state index contributed by atoms with van der Waals surface area (Å²) in [6.07, 6.45) is 9.06. The van der Waals surface area contributed by atoms with E-state index in [1.165, 1.54) is 45.1 Å². The minimum atomic E-state index is -0.0327. The Balaban J connectivity index is 1.69. The van der Waals surface area contributed by atoms with E-state index in [-0.39, 0.29) is 6.10 Å². The Bertz CT molecular complexity index is 268. The zero-order valence-electron chi connectivity index (χ0n) is 11.1. The molecule has 1 heterocycles. The van der Waals surface area contributed by atoms with Crippen molar-refractivity contribution in [3.8, 4) is 0 Å². The van der Waals surface area contributed by atoms with Gasteiger partial charge in [-0.1, -0.05) is 19.8 Å². The molecule has 2 nitrogen and oxygen atoms in total. The highest BCUT2D eigenvalue weighted by Gasteiger charge is 2.45. The topological polar surface area (TPSA) is 32.3 Å².